The highest BCUT2D eigenvalue weighted by Crippen LogP contribution is 1.98. The molecule has 154 valence electrons. The maximum atomic E-state index is 12.0. The van der Waals surface area contributed by atoms with Gasteiger partial charge in [0.2, 0.25) is 17.7 Å². The Hall–Kier alpha value is -2.38. The summed E-state index contributed by atoms with van der Waals surface area (Å²) in [6.45, 7) is 0.700. The number of amides is 3. The van der Waals surface area contributed by atoms with Gasteiger partial charge in [-0.15, -0.1) is 0 Å². The van der Waals surface area contributed by atoms with Crippen LogP contribution in [0.1, 0.15) is 19.8 Å². The van der Waals surface area contributed by atoms with Crippen molar-refractivity contribution in [3.05, 3.63) is 0 Å². The summed E-state index contributed by atoms with van der Waals surface area (Å²) < 4.78 is 0. The van der Waals surface area contributed by atoms with Gasteiger partial charge >= 0.3 is 11.9 Å². The number of aliphatic hydroxyl groups is 1. The lowest BCUT2D eigenvalue weighted by atomic mass is 10.1. The maximum Gasteiger partial charge on any atom is 0.326 e. The third kappa shape index (κ3) is 9.77. The third-order valence-corrected chi connectivity index (χ3v) is 3.71. The standard InChI is InChI=1S/C14H24N4O8S/c1-6(19)11(15)13(24)18-8(5-27)12(23)16-4-9(20)17-7(14(25)26)2-3-10(21)22/h6-8,11,19,27H,2-5,15H2,1H3,(H,16,23)(H,17,20)(H,18,24)(H,21,22)(H,25,26). The zero-order valence-electron chi connectivity index (χ0n) is 14.5. The van der Waals surface area contributed by atoms with Crippen molar-refractivity contribution >= 4 is 42.3 Å². The van der Waals surface area contributed by atoms with Crippen LogP contribution in [0.25, 0.3) is 0 Å². The van der Waals surface area contributed by atoms with E-state index in [1.165, 1.54) is 6.92 Å². The van der Waals surface area contributed by atoms with Gasteiger partial charge in [0.15, 0.2) is 0 Å². The fraction of sp³-hybridized carbons (Fsp3) is 0.643. The van der Waals surface area contributed by atoms with Gasteiger partial charge in [-0.25, -0.2) is 4.79 Å². The number of carbonyl (C=O) groups excluding carboxylic acids is 3. The molecule has 0 aliphatic rings. The largest absolute Gasteiger partial charge is 0.481 e. The molecule has 0 aromatic rings. The van der Waals surface area contributed by atoms with Crippen LogP contribution in [0.2, 0.25) is 0 Å². The average Bonchev–Trinajstić information content (AvgIpc) is 2.59. The zero-order valence-corrected chi connectivity index (χ0v) is 15.4. The van der Waals surface area contributed by atoms with Crippen LogP contribution in [0.15, 0.2) is 0 Å². The Bertz CT molecular complexity index is 571. The van der Waals surface area contributed by atoms with Crippen molar-refractivity contribution in [3.63, 3.8) is 0 Å². The van der Waals surface area contributed by atoms with E-state index in [9.17, 15) is 29.1 Å². The van der Waals surface area contributed by atoms with E-state index in [1.807, 2.05) is 0 Å². The van der Waals surface area contributed by atoms with E-state index >= 15 is 0 Å². The molecule has 0 saturated heterocycles. The van der Waals surface area contributed by atoms with Crippen molar-refractivity contribution in [1.82, 2.24) is 16.0 Å². The van der Waals surface area contributed by atoms with Crippen molar-refractivity contribution in [3.8, 4) is 0 Å². The Kier molecular flexibility index (Phi) is 11.0. The van der Waals surface area contributed by atoms with Crippen molar-refractivity contribution in [2.24, 2.45) is 5.73 Å². The third-order valence-electron chi connectivity index (χ3n) is 3.34. The van der Waals surface area contributed by atoms with Crippen molar-refractivity contribution in [2.45, 2.75) is 44.0 Å². The van der Waals surface area contributed by atoms with Crippen molar-refractivity contribution in [2.75, 3.05) is 12.3 Å². The first-order chi connectivity index (χ1) is 12.5. The van der Waals surface area contributed by atoms with Gasteiger partial charge in [0, 0.05) is 12.2 Å². The zero-order chi connectivity index (χ0) is 21.1. The first kappa shape index (κ1) is 24.6. The van der Waals surface area contributed by atoms with Gasteiger partial charge in [-0.3, -0.25) is 19.2 Å². The molecule has 0 spiro atoms. The van der Waals surface area contributed by atoms with E-state index in [4.69, 9.17) is 15.9 Å². The second kappa shape index (κ2) is 12.1. The highest BCUT2D eigenvalue weighted by Gasteiger charge is 2.26. The molecule has 0 bridgehead atoms. The Morgan fingerprint density at radius 2 is 1.63 bits per heavy atom. The molecule has 3 amide bonds. The number of carbonyl (C=O) groups is 5. The number of carboxylic acids is 2. The second-order valence-corrected chi connectivity index (χ2v) is 5.98. The lowest BCUT2D eigenvalue weighted by Gasteiger charge is -2.20. The lowest BCUT2D eigenvalue weighted by molar-refractivity contribution is -0.143. The first-order valence-electron chi connectivity index (χ1n) is 7.86. The first-order valence-corrected chi connectivity index (χ1v) is 8.49. The number of rotatable bonds is 12. The Balaban J connectivity index is 4.58. The molecule has 0 rings (SSSR count). The van der Waals surface area contributed by atoms with Gasteiger partial charge in [-0.2, -0.15) is 12.6 Å². The predicted molar refractivity (Wildman–Crippen MR) is 94.9 cm³/mol. The average molecular weight is 408 g/mol. The molecule has 13 heteroatoms. The molecule has 0 aromatic carbocycles. The van der Waals surface area contributed by atoms with Crippen LogP contribution in [0, 0.1) is 0 Å². The second-order valence-electron chi connectivity index (χ2n) is 5.62. The molecular formula is C14H24N4O8S. The van der Waals surface area contributed by atoms with Crippen LogP contribution in [-0.2, 0) is 24.0 Å². The number of aliphatic carboxylic acids is 2. The smallest absolute Gasteiger partial charge is 0.326 e. The Labute approximate surface area is 160 Å². The van der Waals surface area contributed by atoms with Crippen LogP contribution in [0.3, 0.4) is 0 Å². The van der Waals surface area contributed by atoms with E-state index < -0.39 is 66.9 Å². The van der Waals surface area contributed by atoms with Crippen LogP contribution in [-0.4, -0.2) is 81.5 Å². The fourth-order valence-corrected chi connectivity index (χ4v) is 2.00. The Morgan fingerprint density at radius 1 is 1.04 bits per heavy atom. The van der Waals surface area contributed by atoms with E-state index in [0.717, 1.165) is 0 Å². The maximum absolute atomic E-state index is 12.0. The van der Waals surface area contributed by atoms with Crippen LogP contribution in [0.4, 0.5) is 0 Å². The van der Waals surface area contributed by atoms with Gasteiger partial charge in [-0.1, -0.05) is 0 Å². The topological polar surface area (TPSA) is 208 Å². The number of hydrogen-bond donors (Lipinski definition) is 8. The molecule has 27 heavy (non-hydrogen) atoms. The van der Waals surface area contributed by atoms with Gasteiger partial charge < -0.3 is 37.0 Å². The summed E-state index contributed by atoms with van der Waals surface area (Å²) in [6, 6.07) is -3.82. The lowest BCUT2D eigenvalue weighted by Crippen LogP contribution is -2.56. The van der Waals surface area contributed by atoms with Crippen molar-refractivity contribution in [1.29, 1.82) is 0 Å². The number of hydrogen-bond acceptors (Lipinski definition) is 8. The molecule has 0 heterocycles. The van der Waals surface area contributed by atoms with Crippen LogP contribution < -0.4 is 21.7 Å². The fourth-order valence-electron chi connectivity index (χ4n) is 1.74. The van der Waals surface area contributed by atoms with E-state index in [2.05, 4.69) is 28.6 Å². The molecule has 4 atom stereocenters. The summed E-state index contributed by atoms with van der Waals surface area (Å²) in [4.78, 5) is 57.0. The number of nitrogens with one attached hydrogen (secondary N) is 3. The van der Waals surface area contributed by atoms with Crippen molar-refractivity contribution < 1.29 is 39.3 Å². The molecular weight excluding hydrogens is 384 g/mol. The minimum Gasteiger partial charge on any atom is -0.481 e. The Morgan fingerprint density at radius 3 is 2.07 bits per heavy atom. The number of carboxylic acid groups (broad SMARTS) is 2. The van der Waals surface area contributed by atoms with Crippen LogP contribution in [0.5, 0.6) is 0 Å². The molecule has 0 aliphatic heterocycles. The summed E-state index contributed by atoms with van der Waals surface area (Å²) in [5.74, 6) is -5.17. The number of aliphatic hydroxyl groups excluding tert-OH is 1. The molecule has 0 aliphatic carbocycles. The molecule has 8 N–H and O–H groups in total. The molecule has 0 aromatic heterocycles. The van der Waals surface area contributed by atoms with Gasteiger partial charge in [0.1, 0.15) is 18.1 Å². The van der Waals surface area contributed by atoms with Gasteiger partial charge in [0.25, 0.3) is 0 Å². The normalized spacial score (nSPS) is 15.0. The van der Waals surface area contributed by atoms with E-state index in [-0.39, 0.29) is 12.2 Å². The monoisotopic (exact) mass is 408 g/mol. The highest BCUT2D eigenvalue weighted by atomic mass is 32.1. The molecule has 12 nitrogen and oxygen atoms in total. The molecule has 0 fully saturated rings. The summed E-state index contributed by atoms with van der Waals surface area (Å²) in [7, 11) is 0. The van der Waals surface area contributed by atoms with Gasteiger partial charge in [0.05, 0.1) is 12.6 Å². The minimum absolute atomic E-state index is 0.123. The molecule has 4 unspecified atom stereocenters. The minimum atomic E-state index is -1.42. The van der Waals surface area contributed by atoms with E-state index in [0.29, 0.717) is 0 Å². The highest BCUT2D eigenvalue weighted by molar-refractivity contribution is 7.80. The van der Waals surface area contributed by atoms with E-state index in [1.54, 1.807) is 0 Å². The summed E-state index contributed by atoms with van der Waals surface area (Å²) in [5, 5.41) is 33.3. The number of nitrogens with two attached hydrogens (primary N) is 1. The molecule has 0 radical (unpaired) electrons. The van der Waals surface area contributed by atoms with Crippen LogP contribution >= 0.6 is 12.6 Å². The summed E-state index contributed by atoms with van der Waals surface area (Å²) in [6.07, 6.45) is -1.92. The van der Waals surface area contributed by atoms with Gasteiger partial charge in [-0.05, 0) is 13.3 Å². The molecule has 0 saturated carbocycles. The summed E-state index contributed by atoms with van der Waals surface area (Å²) >= 11 is 3.91. The summed E-state index contributed by atoms with van der Waals surface area (Å²) in [5.41, 5.74) is 5.44. The number of thiol groups is 1. The predicted octanol–water partition coefficient (Wildman–Crippen LogP) is -3.34. The quantitative estimate of drug-likeness (QED) is 0.152. The SMILES string of the molecule is CC(O)C(N)C(=O)NC(CS)C(=O)NCC(=O)NC(CCC(=O)O)C(=O)O.